The number of aryl methyl sites for hydroxylation is 2. The highest BCUT2D eigenvalue weighted by atomic mass is 16.1. The SMILES string of the molecule is O=C(CCn1ccc2ccccc21)N[C@H]1CCCc2ccccc21. The van der Waals surface area contributed by atoms with Crippen LogP contribution in [-0.4, -0.2) is 10.5 Å². The third-order valence-corrected chi connectivity index (χ3v) is 4.96. The fourth-order valence-corrected chi connectivity index (χ4v) is 3.73. The Labute approximate surface area is 142 Å². The monoisotopic (exact) mass is 318 g/mol. The van der Waals surface area contributed by atoms with Crippen LogP contribution >= 0.6 is 0 Å². The van der Waals surface area contributed by atoms with E-state index in [-0.39, 0.29) is 11.9 Å². The second-order valence-corrected chi connectivity index (χ2v) is 6.53. The molecule has 122 valence electrons. The lowest BCUT2D eigenvalue weighted by Gasteiger charge is -2.26. The molecule has 0 spiro atoms. The molecule has 1 N–H and O–H groups in total. The highest BCUT2D eigenvalue weighted by Gasteiger charge is 2.21. The van der Waals surface area contributed by atoms with Gasteiger partial charge in [0.25, 0.3) is 0 Å². The molecule has 1 heterocycles. The smallest absolute Gasteiger partial charge is 0.222 e. The van der Waals surface area contributed by atoms with Gasteiger partial charge in [0.2, 0.25) is 5.91 Å². The van der Waals surface area contributed by atoms with Gasteiger partial charge >= 0.3 is 0 Å². The predicted octanol–water partition coefficient (Wildman–Crippen LogP) is 4.23. The van der Waals surface area contributed by atoms with Gasteiger partial charge in [0.15, 0.2) is 0 Å². The third-order valence-electron chi connectivity index (χ3n) is 4.96. The van der Waals surface area contributed by atoms with Crippen molar-refractivity contribution in [2.75, 3.05) is 0 Å². The highest BCUT2D eigenvalue weighted by molar-refractivity contribution is 5.80. The van der Waals surface area contributed by atoms with E-state index < -0.39 is 0 Å². The number of rotatable bonds is 4. The molecule has 0 saturated heterocycles. The fourth-order valence-electron chi connectivity index (χ4n) is 3.73. The second-order valence-electron chi connectivity index (χ2n) is 6.53. The summed E-state index contributed by atoms with van der Waals surface area (Å²) in [5, 5.41) is 4.45. The van der Waals surface area contributed by atoms with Gasteiger partial charge in [0.1, 0.15) is 0 Å². The van der Waals surface area contributed by atoms with Crippen molar-refractivity contribution in [1.29, 1.82) is 0 Å². The number of carbonyl (C=O) groups excluding carboxylic acids is 1. The summed E-state index contributed by atoms with van der Waals surface area (Å²) in [4.78, 5) is 12.4. The molecule has 1 amide bonds. The normalized spacial score (nSPS) is 16.8. The van der Waals surface area contributed by atoms with Crippen LogP contribution in [0.3, 0.4) is 0 Å². The van der Waals surface area contributed by atoms with Crippen molar-refractivity contribution >= 4 is 16.8 Å². The first-order chi connectivity index (χ1) is 11.8. The average molecular weight is 318 g/mol. The van der Waals surface area contributed by atoms with E-state index in [1.807, 2.05) is 12.1 Å². The van der Waals surface area contributed by atoms with Crippen LogP contribution in [0.4, 0.5) is 0 Å². The van der Waals surface area contributed by atoms with Gasteiger partial charge in [0, 0.05) is 24.7 Å². The van der Waals surface area contributed by atoms with Crippen LogP contribution in [0.2, 0.25) is 0 Å². The van der Waals surface area contributed by atoms with Crippen LogP contribution in [0.15, 0.2) is 60.8 Å². The van der Waals surface area contributed by atoms with Crippen molar-refractivity contribution in [3.8, 4) is 0 Å². The first-order valence-electron chi connectivity index (χ1n) is 8.72. The fraction of sp³-hybridized carbons (Fsp3) is 0.286. The maximum Gasteiger partial charge on any atom is 0.222 e. The number of aromatic nitrogens is 1. The number of para-hydroxylation sites is 1. The molecule has 0 fully saturated rings. The van der Waals surface area contributed by atoms with E-state index in [0.29, 0.717) is 13.0 Å². The summed E-state index contributed by atoms with van der Waals surface area (Å²) in [5.41, 5.74) is 3.86. The minimum Gasteiger partial charge on any atom is -0.349 e. The molecule has 3 aromatic rings. The molecule has 3 nitrogen and oxygen atoms in total. The van der Waals surface area contributed by atoms with E-state index in [9.17, 15) is 4.79 Å². The van der Waals surface area contributed by atoms with Gasteiger partial charge in [-0.15, -0.1) is 0 Å². The molecule has 1 aliphatic rings. The van der Waals surface area contributed by atoms with Crippen LogP contribution in [0, 0.1) is 0 Å². The minimum atomic E-state index is 0.134. The molecule has 0 radical (unpaired) electrons. The molecule has 4 rings (SSSR count). The molecular weight excluding hydrogens is 296 g/mol. The number of benzene rings is 2. The van der Waals surface area contributed by atoms with Crippen LogP contribution in [0.5, 0.6) is 0 Å². The van der Waals surface area contributed by atoms with Gasteiger partial charge in [-0.05, 0) is 47.9 Å². The van der Waals surface area contributed by atoms with E-state index in [1.54, 1.807) is 0 Å². The largest absolute Gasteiger partial charge is 0.349 e. The van der Waals surface area contributed by atoms with Crippen LogP contribution < -0.4 is 5.32 Å². The van der Waals surface area contributed by atoms with Gasteiger partial charge < -0.3 is 9.88 Å². The maximum absolute atomic E-state index is 12.4. The van der Waals surface area contributed by atoms with E-state index >= 15 is 0 Å². The zero-order valence-electron chi connectivity index (χ0n) is 13.7. The molecule has 2 aromatic carbocycles. The Morgan fingerprint density at radius 1 is 1.08 bits per heavy atom. The van der Waals surface area contributed by atoms with Gasteiger partial charge in [-0.1, -0.05) is 42.5 Å². The molecule has 1 atom stereocenters. The standard InChI is InChI=1S/C21H22N2O/c24-21(13-15-23-14-12-17-7-2-4-11-20(17)23)22-19-10-5-8-16-6-1-3-9-18(16)19/h1-4,6-7,9,11-12,14,19H,5,8,10,13,15H2,(H,22,24)/t19-/m0/s1. The first kappa shape index (κ1) is 15.0. The van der Waals surface area contributed by atoms with Gasteiger partial charge in [0.05, 0.1) is 6.04 Å². The van der Waals surface area contributed by atoms with Crippen molar-refractivity contribution in [3.05, 3.63) is 71.9 Å². The van der Waals surface area contributed by atoms with E-state index in [4.69, 9.17) is 0 Å². The third kappa shape index (κ3) is 2.94. The van der Waals surface area contributed by atoms with Crippen LogP contribution in [-0.2, 0) is 17.8 Å². The Hall–Kier alpha value is -2.55. The van der Waals surface area contributed by atoms with Gasteiger partial charge in [-0.3, -0.25) is 4.79 Å². The Kier molecular flexibility index (Phi) is 4.08. The summed E-state index contributed by atoms with van der Waals surface area (Å²) in [6, 6.07) is 19.0. The van der Waals surface area contributed by atoms with E-state index in [1.165, 1.54) is 22.0 Å². The number of hydrogen-bond donors (Lipinski definition) is 1. The Bertz CT molecular complexity index is 865. The molecule has 1 aromatic heterocycles. The highest BCUT2D eigenvalue weighted by Crippen LogP contribution is 2.29. The van der Waals surface area contributed by atoms with E-state index in [0.717, 1.165) is 19.3 Å². The molecule has 0 bridgehead atoms. The number of carbonyl (C=O) groups is 1. The summed E-state index contributed by atoms with van der Waals surface area (Å²) in [6.07, 6.45) is 5.88. The van der Waals surface area contributed by atoms with E-state index in [2.05, 4.69) is 58.5 Å². The molecular formula is C21H22N2O. The number of hydrogen-bond acceptors (Lipinski definition) is 1. The number of amides is 1. The number of nitrogens with one attached hydrogen (secondary N) is 1. The lowest BCUT2D eigenvalue weighted by atomic mass is 9.88. The van der Waals surface area contributed by atoms with Gasteiger partial charge in [-0.25, -0.2) is 0 Å². The number of nitrogens with zero attached hydrogens (tertiary/aromatic N) is 1. The summed E-state index contributed by atoms with van der Waals surface area (Å²) in [5.74, 6) is 0.134. The zero-order chi connectivity index (χ0) is 16.4. The van der Waals surface area contributed by atoms with Crippen molar-refractivity contribution in [2.45, 2.75) is 38.3 Å². The Morgan fingerprint density at radius 3 is 2.88 bits per heavy atom. The van der Waals surface area contributed by atoms with Crippen LogP contribution in [0.25, 0.3) is 10.9 Å². The summed E-state index contributed by atoms with van der Waals surface area (Å²) in [7, 11) is 0. The average Bonchev–Trinajstić information content (AvgIpc) is 3.04. The molecule has 0 unspecified atom stereocenters. The zero-order valence-corrected chi connectivity index (χ0v) is 13.7. The minimum absolute atomic E-state index is 0.134. The Morgan fingerprint density at radius 2 is 1.92 bits per heavy atom. The van der Waals surface area contributed by atoms with Crippen LogP contribution in [0.1, 0.15) is 36.4 Å². The van der Waals surface area contributed by atoms with Crippen molar-refractivity contribution in [2.24, 2.45) is 0 Å². The molecule has 1 aliphatic carbocycles. The summed E-state index contributed by atoms with van der Waals surface area (Å²) in [6.45, 7) is 0.716. The molecule has 24 heavy (non-hydrogen) atoms. The van der Waals surface area contributed by atoms with Crippen molar-refractivity contribution in [1.82, 2.24) is 9.88 Å². The Balaban J connectivity index is 1.41. The molecule has 3 heteroatoms. The molecule has 0 saturated carbocycles. The quantitative estimate of drug-likeness (QED) is 0.767. The lowest BCUT2D eigenvalue weighted by molar-refractivity contribution is -0.122. The van der Waals surface area contributed by atoms with Crippen molar-refractivity contribution < 1.29 is 4.79 Å². The summed E-state index contributed by atoms with van der Waals surface area (Å²) >= 11 is 0. The molecule has 0 aliphatic heterocycles. The lowest BCUT2D eigenvalue weighted by Crippen LogP contribution is -2.31. The summed E-state index contributed by atoms with van der Waals surface area (Å²) < 4.78 is 2.16. The van der Waals surface area contributed by atoms with Gasteiger partial charge in [-0.2, -0.15) is 0 Å². The second kappa shape index (κ2) is 6.52. The first-order valence-corrected chi connectivity index (χ1v) is 8.72. The predicted molar refractivity (Wildman–Crippen MR) is 96.8 cm³/mol. The maximum atomic E-state index is 12.4. The number of fused-ring (bicyclic) bond motifs is 2. The topological polar surface area (TPSA) is 34.0 Å². The van der Waals surface area contributed by atoms with Crippen molar-refractivity contribution in [3.63, 3.8) is 0 Å².